The molecule has 0 spiro atoms. The van der Waals surface area contributed by atoms with Gasteiger partial charge in [0.25, 0.3) is 0 Å². The first-order chi connectivity index (χ1) is 13.7. The molecule has 29 heavy (non-hydrogen) atoms. The molecule has 0 saturated carbocycles. The van der Waals surface area contributed by atoms with Gasteiger partial charge in [-0.05, 0) is 53.4 Å². The van der Waals surface area contributed by atoms with E-state index in [9.17, 15) is 4.79 Å². The Kier molecular flexibility index (Phi) is 9.99. The SMILES string of the molecule is CN=C(NCCCCn1ccccc1=O)NC1CCN(c2ccccc2Br)C1.I. The molecule has 1 atom stereocenters. The van der Waals surface area contributed by atoms with E-state index >= 15 is 0 Å². The fourth-order valence-electron chi connectivity index (χ4n) is 3.45. The van der Waals surface area contributed by atoms with Gasteiger partial charge in [0.1, 0.15) is 0 Å². The van der Waals surface area contributed by atoms with Crippen LogP contribution in [-0.2, 0) is 6.54 Å². The zero-order chi connectivity index (χ0) is 19.8. The summed E-state index contributed by atoms with van der Waals surface area (Å²) in [5.74, 6) is 0.843. The average Bonchev–Trinajstić information content (AvgIpc) is 3.16. The summed E-state index contributed by atoms with van der Waals surface area (Å²) >= 11 is 3.64. The number of para-hydroxylation sites is 1. The number of unbranched alkanes of at least 4 members (excludes halogenated alkanes) is 1. The predicted octanol–water partition coefficient (Wildman–Crippen LogP) is 3.45. The number of halogens is 2. The summed E-state index contributed by atoms with van der Waals surface area (Å²) < 4.78 is 2.89. The fraction of sp³-hybridized carbons (Fsp3) is 0.429. The van der Waals surface area contributed by atoms with Gasteiger partial charge in [0.15, 0.2) is 5.96 Å². The molecule has 0 aliphatic carbocycles. The van der Waals surface area contributed by atoms with Gasteiger partial charge in [-0.15, -0.1) is 24.0 Å². The molecule has 2 aromatic rings. The number of guanidine groups is 1. The standard InChI is InChI=1S/C21H28BrN5O.HI/c1-23-21(24-12-5-7-14-26-13-6-4-10-20(26)28)25-17-11-15-27(16-17)19-9-3-2-8-18(19)22;/h2-4,6,8-10,13,17H,5,7,11-12,14-16H2,1H3,(H2,23,24,25);1H. The maximum absolute atomic E-state index is 11.7. The van der Waals surface area contributed by atoms with E-state index in [4.69, 9.17) is 0 Å². The number of aryl methyl sites for hydroxylation is 1. The van der Waals surface area contributed by atoms with Crippen molar-refractivity contribution in [2.24, 2.45) is 4.99 Å². The minimum atomic E-state index is 0. The first-order valence-corrected chi connectivity index (χ1v) is 10.6. The van der Waals surface area contributed by atoms with Crippen LogP contribution in [0, 0.1) is 0 Å². The highest BCUT2D eigenvalue weighted by Crippen LogP contribution is 2.28. The summed E-state index contributed by atoms with van der Waals surface area (Å²) in [4.78, 5) is 18.4. The molecule has 0 amide bonds. The van der Waals surface area contributed by atoms with Gasteiger partial charge in [0.05, 0.1) is 5.69 Å². The molecule has 0 radical (unpaired) electrons. The Morgan fingerprint density at radius 3 is 2.76 bits per heavy atom. The molecule has 1 saturated heterocycles. The van der Waals surface area contributed by atoms with Crippen LogP contribution < -0.4 is 21.1 Å². The van der Waals surface area contributed by atoms with Gasteiger partial charge in [0.2, 0.25) is 5.56 Å². The van der Waals surface area contributed by atoms with Crippen LogP contribution >= 0.6 is 39.9 Å². The Morgan fingerprint density at radius 1 is 1.21 bits per heavy atom. The quantitative estimate of drug-likeness (QED) is 0.230. The maximum Gasteiger partial charge on any atom is 0.250 e. The van der Waals surface area contributed by atoms with Crippen LogP contribution in [0.4, 0.5) is 5.69 Å². The summed E-state index contributed by atoms with van der Waals surface area (Å²) in [6.45, 7) is 3.57. The summed E-state index contributed by atoms with van der Waals surface area (Å²) in [6, 6.07) is 14.0. The van der Waals surface area contributed by atoms with Crippen molar-refractivity contribution in [3.63, 3.8) is 0 Å². The summed E-state index contributed by atoms with van der Waals surface area (Å²) in [5, 5.41) is 6.92. The average molecular weight is 574 g/mol. The van der Waals surface area contributed by atoms with E-state index in [1.807, 2.05) is 18.3 Å². The number of nitrogens with one attached hydrogen (secondary N) is 2. The van der Waals surface area contributed by atoms with Gasteiger partial charge in [-0.1, -0.05) is 18.2 Å². The third-order valence-electron chi connectivity index (χ3n) is 4.96. The van der Waals surface area contributed by atoms with Crippen LogP contribution in [0.15, 0.2) is 62.9 Å². The maximum atomic E-state index is 11.7. The van der Waals surface area contributed by atoms with Crippen molar-refractivity contribution in [2.45, 2.75) is 31.8 Å². The normalized spacial score (nSPS) is 16.4. The number of rotatable bonds is 7. The Balaban J connectivity index is 0.00000300. The number of aromatic nitrogens is 1. The number of anilines is 1. The molecule has 1 aromatic carbocycles. The number of pyridine rings is 1. The van der Waals surface area contributed by atoms with E-state index in [1.165, 1.54) is 5.69 Å². The molecule has 1 aliphatic rings. The van der Waals surface area contributed by atoms with Crippen LogP contribution in [0.3, 0.4) is 0 Å². The first kappa shape index (κ1) is 23.7. The zero-order valence-corrected chi connectivity index (χ0v) is 20.6. The lowest BCUT2D eigenvalue weighted by Crippen LogP contribution is -2.44. The van der Waals surface area contributed by atoms with Crippen LogP contribution in [0.1, 0.15) is 19.3 Å². The fourth-order valence-corrected chi connectivity index (χ4v) is 3.99. The number of nitrogens with zero attached hydrogens (tertiary/aromatic N) is 3. The lowest BCUT2D eigenvalue weighted by Gasteiger charge is -2.21. The highest BCUT2D eigenvalue weighted by atomic mass is 127. The number of aliphatic imine (C=N–C) groups is 1. The lowest BCUT2D eigenvalue weighted by atomic mass is 10.2. The molecule has 2 heterocycles. The molecular weight excluding hydrogens is 545 g/mol. The predicted molar refractivity (Wildman–Crippen MR) is 135 cm³/mol. The second kappa shape index (κ2) is 12.2. The topological polar surface area (TPSA) is 61.7 Å². The van der Waals surface area contributed by atoms with Gasteiger partial charge >= 0.3 is 0 Å². The smallest absolute Gasteiger partial charge is 0.250 e. The second-order valence-corrected chi connectivity index (χ2v) is 7.82. The van der Waals surface area contributed by atoms with Crippen molar-refractivity contribution in [1.29, 1.82) is 0 Å². The minimum absolute atomic E-state index is 0. The third kappa shape index (κ3) is 7.02. The van der Waals surface area contributed by atoms with Crippen LogP contribution in [0.25, 0.3) is 0 Å². The van der Waals surface area contributed by atoms with E-state index in [0.717, 1.165) is 55.9 Å². The minimum Gasteiger partial charge on any atom is -0.368 e. The molecular formula is C21H29BrIN5O. The van der Waals surface area contributed by atoms with Crippen LogP contribution in [0.2, 0.25) is 0 Å². The van der Waals surface area contributed by atoms with Crippen molar-refractivity contribution < 1.29 is 0 Å². The Hall–Kier alpha value is -1.55. The van der Waals surface area contributed by atoms with E-state index < -0.39 is 0 Å². The Morgan fingerprint density at radius 2 is 2.00 bits per heavy atom. The number of hydrogen-bond acceptors (Lipinski definition) is 3. The largest absolute Gasteiger partial charge is 0.368 e. The van der Waals surface area contributed by atoms with Gasteiger partial charge in [-0.3, -0.25) is 9.79 Å². The zero-order valence-electron chi connectivity index (χ0n) is 16.7. The van der Waals surface area contributed by atoms with Crippen molar-refractivity contribution in [1.82, 2.24) is 15.2 Å². The second-order valence-electron chi connectivity index (χ2n) is 6.97. The molecule has 0 bridgehead atoms. The molecule has 1 unspecified atom stereocenters. The summed E-state index contributed by atoms with van der Waals surface area (Å²) in [6.07, 6.45) is 4.86. The molecule has 1 fully saturated rings. The highest BCUT2D eigenvalue weighted by molar-refractivity contribution is 14.0. The van der Waals surface area contributed by atoms with Crippen molar-refractivity contribution in [3.8, 4) is 0 Å². The molecule has 1 aromatic heterocycles. The molecule has 3 rings (SSSR count). The van der Waals surface area contributed by atoms with Gasteiger partial charge in [0, 0.05) is 56.0 Å². The third-order valence-corrected chi connectivity index (χ3v) is 5.63. The molecule has 2 N–H and O–H groups in total. The van der Waals surface area contributed by atoms with Gasteiger partial charge < -0.3 is 20.1 Å². The monoisotopic (exact) mass is 573 g/mol. The van der Waals surface area contributed by atoms with Crippen molar-refractivity contribution in [3.05, 3.63) is 63.5 Å². The van der Waals surface area contributed by atoms with Gasteiger partial charge in [-0.25, -0.2) is 0 Å². The number of benzene rings is 1. The van der Waals surface area contributed by atoms with E-state index in [2.05, 4.69) is 54.7 Å². The number of hydrogen-bond donors (Lipinski definition) is 2. The van der Waals surface area contributed by atoms with Gasteiger partial charge in [-0.2, -0.15) is 0 Å². The highest BCUT2D eigenvalue weighted by Gasteiger charge is 2.24. The van der Waals surface area contributed by atoms with Crippen LogP contribution in [0.5, 0.6) is 0 Å². The molecule has 1 aliphatic heterocycles. The summed E-state index contributed by atoms with van der Waals surface area (Å²) in [7, 11) is 1.80. The Bertz CT molecular complexity index is 857. The van der Waals surface area contributed by atoms with Crippen LogP contribution in [-0.4, -0.2) is 43.3 Å². The molecule has 158 valence electrons. The molecule has 8 heteroatoms. The van der Waals surface area contributed by atoms with Crippen molar-refractivity contribution in [2.75, 3.05) is 31.6 Å². The van der Waals surface area contributed by atoms with E-state index in [0.29, 0.717) is 6.04 Å². The molecule has 6 nitrogen and oxygen atoms in total. The summed E-state index contributed by atoms with van der Waals surface area (Å²) in [5.41, 5.74) is 1.30. The Labute approximate surface area is 197 Å². The van der Waals surface area contributed by atoms with Crippen molar-refractivity contribution >= 4 is 51.6 Å². The lowest BCUT2D eigenvalue weighted by molar-refractivity contribution is 0.580. The van der Waals surface area contributed by atoms with E-state index in [-0.39, 0.29) is 29.5 Å². The van der Waals surface area contributed by atoms with E-state index in [1.54, 1.807) is 23.7 Å². The first-order valence-electron chi connectivity index (χ1n) is 9.79.